The summed E-state index contributed by atoms with van der Waals surface area (Å²) in [6.45, 7) is 1.90. The highest BCUT2D eigenvalue weighted by molar-refractivity contribution is 7.83. The van der Waals surface area contributed by atoms with E-state index in [1.54, 1.807) is 20.3 Å². The summed E-state index contributed by atoms with van der Waals surface area (Å²) >= 11 is 0. The standard InChI is InChI=1S/C12H17NO3S/c1-8-10(15-2)6-7-11(12(8)16-3)17(14)13-9-4-5-9/h6-7,9,13H,4-5H2,1-3H3/t17-/m1/s1. The lowest BCUT2D eigenvalue weighted by molar-refractivity contribution is 0.381. The van der Waals surface area contributed by atoms with Crippen LogP contribution in [-0.2, 0) is 11.0 Å². The topological polar surface area (TPSA) is 47.6 Å². The molecule has 17 heavy (non-hydrogen) atoms. The Morgan fingerprint density at radius 1 is 1.29 bits per heavy atom. The van der Waals surface area contributed by atoms with Crippen LogP contribution < -0.4 is 14.2 Å². The van der Waals surface area contributed by atoms with Gasteiger partial charge in [-0.05, 0) is 31.9 Å². The van der Waals surface area contributed by atoms with Crippen LogP contribution in [0.3, 0.4) is 0 Å². The van der Waals surface area contributed by atoms with Crippen molar-refractivity contribution in [1.82, 2.24) is 4.72 Å². The van der Waals surface area contributed by atoms with Crippen LogP contribution in [0.5, 0.6) is 11.5 Å². The van der Waals surface area contributed by atoms with Gasteiger partial charge in [0.15, 0.2) is 0 Å². The van der Waals surface area contributed by atoms with Crippen LogP contribution in [0.25, 0.3) is 0 Å². The number of methoxy groups -OCH3 is 2. The molecular weight excluding hydrogens is 238 g/mol. The van der Waals surface area contributed by atoms with Gasteiger partial charge in [0, 0.05) is 11.6 Å². The van der Waals surface area contributed by atoms with Gasteiger partial charge in [0.2, 0.25) is 0 Å². The minimum atomic E-state index is -1.21. The molecule has 0 amide bonds. The van der Waals surface area contributed by atoms with Gasteiger partial charge in [-0.2, -0.15) is 0 Å². The van der Waals surface area contributed by atoms with Crippen LogP contribution in [0.1, 0.15) is 18.4 Å². The summed E-state index contributed by atoms with van der Waals surface area (Å²) in [6.07, 6.45) is 2.20. The first kappa shape index (κ1) is 12.4. The third-order valence-electron chi connectivity index (χ3n) is 2.79. The molecule has 0 unspecified atom stereocenters. The molecule has 0 bridgehead atoms. The van der Waals surface area contributed by atoms with E-state index in [0.717, 1.165) is 24.2 Å². The summed E-state index contributed by atoms with van der Waals surface area (Å²) in [5, 5.41) is 0. The molecule has 4 nitrogen and oxygen atoms in total. The second-order valence-electron chi connectivity index (χ2n) is 4.09. The fraction of sp³-hybridized carbons (Fsp3) is 0.500. The molecule has 1 fully saturated rings. The Bertz CT molecular complexity index is 444. The normalized spacial score (nSPS) is 16.6. The SMILES string of the molecule is COc1ccc([S@@](=O)NC2CC2)c(OC)c1C. The average Bonchev–Trinajstić information content (AvgIpc) is 3.12. The Hall–Kier alpha value is -1.07. The van der Waals surface area contributed by atoms with Crippen molar-refractivity contribution in [2.75, 3.05) is 14.2 Å². The zero-order chi connectivity index (χ0) is 12.4. The molecule has 1 N–H and O–H groups in total. The molecule has 94 valence electrons. The number of ether oxygens (including phenoxy) is 2. The average molecular weight is 255 g/mol. The van der Waals surface area contributed by atoms with Gasteiger partial charge in [-0.25, -0.2) is 8.93 Å². The highest BCUT2D eigenvalue weighted by Crippen LogP contribution is 2.33. The van der Waals surface area contributed by atoms with Crippen molar-refractivity contribution in [2.24, 2.45) is 0 Å². The summed E-state index contributed by atoms with van der Waals surface area (Å²) in [5.41, 5.74) is 0.874. The highest BCUT2D eigenvalue weighted by atomic mass is 32.2. The summed E-state index contributed by atoms with van der Waals surface area (Å²) in [5.74, 6) is 1.38. The molecule has 1 atom stereocenters. The van der Waals surface area contributed by atoms with Crippen LogP contribution in [0.4, 0.5) is 0 Å². The third kappa shape index (κ3) is 2.61. The molecule has 0 aliphatic heterocycles. The lowest BCUT2D eigenvalue weighted by atomic mass is 10.2. The largest absolute Gasteiger partial charge is 0.496 e. The maximum atomic E-state index is 12.1. The van der Waals surface area contributed by atoms with E-state index in [-0.39, 0.29) is 0 Å². The molecular formula is C12H17NO3S. The van der Waals surface area contributed by atoms with Crippen LogP contribution in [0.2, 0.25) is 0 Å². The smallest absolute Gasteiger partial charge is 0.142 e. The highest BCUT2D eigenvalue weighted by Gasteiger charge is 2.25. The van der Waals surface area contributed by atoms with Gasteiger partial charge in [0.05, 0.1) is 19.1 Å². The zero-order valence-electron chi connectivity index (χ0n) is 10.3. The fourth-order valence-corrected chi connectivity index (χ4v) is 2.95. The Morgan fingerprint density at radius 2 is 2.00 bits per heavy atom. The maximum absolute atomic E-state index is 12.1. The molecule has 1 aromatic carbocycles. The van der Waals surface area contributed by atoms with E-state index in [9.17, 15) is 4.21 Å². The van der Waals surface area contributed by atoms with Crippen molar-refractivity contribution in [2.45, 2.75) is 30.7 Å². The summed E-state index contributed by atoms with van der Waals surface area (Å²) in [6, 6.07) is 4.00. The molecule has 0 saturated heterocycles. The van der Waals surface area contributed by atoms with Gasteiger partial charge in [-0.3, -0.25) is 0 Å². The second kappa shape index (κ2) is 5.06. The Kier molecular flexibility index (Phi) is 3.69. The Morgan fingerprint density at radius 3 is 2.53 bits per heavy atom. The number of hydrogen-bond donors (Lipinski definition) is 1. The first-order valence-electron chi connectivity index (χ1n) is 5.57. The Balaban J connectivity index is 2.31. The number of benzene rings is 1. The maximum Gasteiger partial charge on any atom is 0.142 e. The Labute approximate surface area is 104 Å². The second-order valence-corrected chi connectivity index (χ2v) is 5.30. The van der Waals surface area contributed by atoms with Gasteiger partial charge < -0.3 is 9.47 Å². The van der Waals surface area contributed by atoms with Crippen molar-refractivity contribution >= 4 is 11.0 Å². The van der Waals surface area contributed by atoms with Gasteiger partial charge >= 0.3 is 0 Å². The molecule has 0 radical (unpaired) electrons. The summed E-state index contributed by atoms with van der Waals surface area (Å²) in [7, 11) is 1.98. The van der Waals surface area contributed by atoms with Crippen LogP contribution in [0.15, 0.2) is 17.0 Å². The van der Waals surface area contributed by atoms with E-state index in [1.165, 1.54) is 0 Å². The van der Waals surface area contributed by atoms with E-state index in [1.807, 2.05) is 13.0 Å². The van der Waals surface area contributed by atoms with E-state index < -0.39 is 11.0 Å². The molecule has 0 aromatic heterocycles. The molecule has 2 rings (SSSR count). The quantitative estimate of drug-likeness (QED) is 0.872. The minimum Gasteiger partial charge on any atom is -0.496 e. The van der Waals surface area contributed by atoms with E-state index in [0.29, 0.717) is 16.7 Å². The van der Waals surface area contributed by atoms with Crippen molar-refractivity contribution in [3.05, 3.63) is 17.7 Å². The van der Waals surface area contributed by atoms with Crippen LogP contribution >= 0.6 is 0 Å². The lowest BCUT2D eigenvalue weighted by Gasteiger charge is -2.14. The van der Waals surface area contributed by atoms with Crippen LogP contribution in [0, 0.1) is 6.92 Å². The summed E-state index contributed by atoms with van der Waals surface area (Å²) in [4.78, 5) is 0.678. The minimum absolute atomic E-state index is 0.392. The monoisotopic (exact) mass is 255 g/mol. The molecule has 1 aromatic rings. The van der Waals surface area contributed by atoms with Crippen molar-refractivity contribution in [1.29, 1.82) is 0 Å². The molecule has 1 aliphatic carbocycles. The lowest BCUT2D eigenvalue weighted by Crippen LogP contribution is -2.20. The van der Waals surface area contributed by atoms with Gasteiger partial charge in [0.25, 0.3) is 0 Å². The molecule has 1 aliphatic rings. The molecule has 0 heterocycles. The van der Waals surface area contributed by atoms with Crippen LogP contribution in [-0.4, -0.2) is 24.5 Å². The molecule has 0 spiro atoms. The van der Waals surface area contributed by atoms with E-state index in [4.69, 9.17) is 9.47 Å². The molecule has 5 heteroatoms. The van der Waals surface area contributed by atoms with Gasteiger partial charge in [-0.1, -0.05) is 0 Å². The van der Waals surface area contributed by atoms with Crippen molar-refractivity contribution in [3.8, 4) is 11.5 Å². The fourth-order valence-electron chi connectivity index (χ4n) is 1.69. The van der Waals surface area contributed by atoms with Crippen molar-refractivity contribution in [3.63, 3.8) is 0 Å². The van der Waals surface area contributed by atoms with Crippen molar-refractivity contribution < 1.29 is 13.7 Å². The number of nitrogens with one attached hydrogen (secondary N) is 1. The predicted octanol–water partition coefficient (Wildman–Crippen LogP) is 1.79. The van der Waals surface area contributed by atoms with E-state index >= 15 is 0 Å². The first-order valence-corrected chi connectivity index (χ1v) is 6.72. The number of hydrogen-bond acceptors (Lipinski definition) is 3. The first-order chi connectivity index (χ1) is 8.17. The molecule has 1 saturated carbocycles. The number of rotatable bonds is 5. The van der Waals surface area contributed by atoms with Gasteiger partial charge in [0.1, 0.15) is 22.5 Å². The summed E-state index contributed by atoms with van der Waals surface area (Å²) < 4.78 is 25.7. The van der Waals surface area contributed by atoms with Gasteiger partial charge in [-0.15, -0.1) is 0 Å². The van der Waals surface area contributed by atoms with E-state index in [2.05, 4.69) is 4.72 Å². The predicted molar refractivity (Wildman–Crippen MR) is 66.8 cm³/mol. The third-order valence-corrected chi connectivity index (χ3v) is 4.06. The zero-order valence-corrected chi connectivity index (χ0v) is 11.1.